The van der Waals surface area contributed by atoms with Gasteiger partial charge in [-0.15, -0.1) is 0 Å². The van der Waals surface area contributed by atoms with Crippen molar-refractivity contribution in [3.8, 4) is 11.5 Å². The molecule has 0 bridgehead atoms. The summed E-state index contributed by atoms with van der Waals surface area (Å²) < 4.78 is 10.1. The molecule has 0 spiro atoms. The predicted molar refractivity (Wildman–Crippen MR) is 59.1 cm³/mol. The molecule has 5 nitrogen and oxygen atoms in total. The Balaban J connectivity index is 3.40. The standard InChI is InChI=1S/C11H15NO4/c1-6(12)7-4-8(11(13)14)10(16-3)5-9(7)15-2/h4-6H,12H2,1-3H3,(H,13,14). The second kappa shape index (κ2) is 4.85. The fraction of sp³-hybridized carbons (Fsp3) is 0.364. The van der Waals surface area contributed by atoms with Gasteiger partial charge in [0.05, 0.1) is 14.2 Å². The van der Waals surface area contributed by atoms with E-state index in [0.29, 0.717) is 11.3 Å². The summed E-state index contributed by atoms with van der Waals surface area (Å²) in [4.78, 5) is 11.0. The van der Waals surface area contributed by atoms with Crippen molar-refractivity contribution >= 4 is 5.97 Å². The first-order valence-corrected chi connectivity index (χ1v) is 4.76. The average molecular weight is 225 g/mol. The maximum Gasteiger partial charge on any atom is 0.339 e. The molecule has 0 amide bonds. The van der Waals surface area contributed by atoms with Gasteiger partial charge in [-0.25, -0.2) is 4.79 Å². The number of rotatable bonds is 4. The molecule has 0 saturated carbocycles. The Bertz CT molecular complexity index is 401. The molecule has 0 aromatic heterocycles. The summed E-state index contributed by atoms with van der Waals surface area (Å²) in [6, 6.07) is 2.70. The second-order valence-corrected chi connectivity index (χ2v) is 3.39. The van der Waals surface area contributed by atoms with Gasteiger partial charge in [-0.3, -0.25) is 0 Å². The summed E-state index contributed by atoms with van der Waals surface area (Å²) in [5.41, 5.74) is 6.46. The van der Waals surface area contributed by atoms with Crippen LogP contribution in [0.3, 0.4) is 0 Å². The van der Waals surface area contributed by atoms with Crippen molar-refractivity contribution in [2.24, 2.45) is 5.73 Å². The summed E-state index contributed by atoms with van der Waals surface area (Å²) in [5.74, 6) is -0.271. The lowest BCUT2D eigenvalue weighted by molar-refractivity contribution is 0.0693. The molecule has 88 valence electrons. The van der Waals surface area contributed by atoms with Crippen LogP contribution in [0.2, 0.25) is 0 Å². The topological polar surface area (TPSA) is 81.8 Å². The highest BCUT2D eigenvalue weighted by molar-refractivity contribution is 5.91. The largest absolute Gasteiger partial charge is 0.496 e. The Labute approximate surface area is 93.8 Å². The van der Waals surface area contributed by atoms with Crippen molar-refractivity contribution in [2.75, 3.05) is 14.2 Å². The van der Waals surface area contributed by atoms with E-state index >= 15 is 0 Å². The maximum absolute atomic E-state index is 11.0. The van der Waals surface area contributed by atoms with Crippen LogP contribution < -0.4 is 15.2 Å². The Hall–Kier alpha value is -1.75. The zero-order valence-electron chi connectivity index (χ0n) is 9.48. The molecule has 0 aliphatic heterocycles. The molecular formula is C11H15NO4. The molecule has 0 aliphatic carbocycles. The number of ether oxygens (including phenoxy) is 2. The molecule has 0 fully saturated rings. The number of nitrogens with two attached hydrogens (primary N) is 1. The first-order valence-electron chi connectivity index (χ1n) is 4.76. The van der Waals surface area contributed by atoms with E-state index in [1.807, 2.05) is 0 Å². The van der Waals surface area contributed by atoms with Crippen LogP contribution >= 0.6 is 0 Å². The van der Waals surface area contributed by atoms with E-state index in [-0.39, 0.29) is 17.4 Å². The number of benzene rings is 1. The Morgan fingerprint density at radius 3 is 2.25 bits per heavy atom. The normalized spacial score (nSPS) is 12.0. The molecule has 0 saturated heterocycles. The van der Waals surface area contributed by atoms with Crippen LogP contribution in [-0.4, -0.2) is 25.3 Å². The first-order chi connectivity index (χ1) is 7.51. The van der Waals surface area contributed by atoms with Crippen LogP contribution in [0.25, 0.3) is 0 Å². The minimum absolute atomic E-state index is 0.0793. The highest BCUT2D eigenvalue weighted by Gasteiger charge is 2.17. The van der Waals surface area contributed by atoms with Gasteiger partial charge in [0, 0.05) is 17.7 Å². The molecule has 1 aromatic rings. The molecule has 0 radical (unpaired) electrons. The smallest absolute Gasteiger partial charge is 0.339 e. The maximum atomic E-state index is 11.0. The summed E-state index contributed by atoms with van der Waals surface area (Å²) >= 11 is 0. The summed E-state index contributed by atoms with van der Waals surface area (Å²) in [6.45, 7) is 1.76. The minimum Gasteiger partial charge on any atom is -0.496 e. The quantitative estimate of drug-likeness (QED) is 0.809. The average Bonchev–Trinajstić information content (AvgIpc) is 2.26. The Kier molecular flexibility index (Phi) is 3.73. The minimum atomic E-state index is -1.05. The van der Waals surface area contributed by atoms with Crippen molar-refractivity contribution in [3.05, 3.63) is 23.3 Å². The third kappa shape index (κ3) is 2.25. The molecule has 1 aromatic carbocycles. The van der Waals surface area contributed by atoms with Crippen LogP contribution in [0.1, 0.15) is 28.9 Å². The van der Waals surface area contributed by atoms with Gasteiger partial charge in [0.15, 0.2) is 0 Å². The van der Waals surface area contributed by atoms with Crippen LogP contribution in [0, 0.1) is 0 Å². The molecule has 16 heavy (non-hydrogen) atoms. The molecule has 0 heterocycles. The van der Waals surface area contributed by atoms with Crippen LogP contribution in [0.4, 0.5) is 0 Å². The van der Waals surface area contributed by atoms with Crippen LogP contribution in [-0.2, 0) is 0 Å². The van der Waals surface area contributed by atoms with Crippen molar-refractivity contribution in [1.29, 1.82) is 0 Å². The molecule has 1 unspecified atom stereocenters. The van der Waals surface area contributed by atoms with Gasteiger partial charge in [0.25, 0.3) is 0 Å². The van der Waals surface area contributed by atoms with Gasteiger partial charge in [0.1, 0.15) is 17.1 Å². The fourth-order valence-electron chi connectivity index (χ4n) is 1.45. The lowest BCUT2D eigenvalue weighted by Crippen LogP contribution is -2.10. The predicted octanol–water partition coefficient (Wildman–Crippen LogP) is 1.42. The van der Waals surface area contributed by atoms with E-state index in [1.54, 1.807) is 6.92 Å². The van der Waals surface area contributed by atoms with E-state index < -0.39 is 5.97 Å². The monoisotopic (exact) mass is 225 g/mol. The molecule has 3 N–H and O–H groups in total. The zero-order valence-corrected chi connectivity index (χ0v) is 9.48. The highest BCUT2D eigenvalue weighted by atomic mass is 16.5. The van der Waals surface area contributed by atoms with Gasteiger partial charge < -0.3 is 20.3 Å². The van der Waals surface area contributed by atoms with Crippen molar-refractivity contribution in [1.82, 2.24) is 0 Å². The van der Waals surface area contributed by atoms with E-state index in [9.17, 15) is 4.79 Å². The van der Waals surface area contributed by atoms with Crippen molar-refractivity contribution in [2.45, 2.75) is 13.0 Å². The molecule has 0 aliphatic rings. The van der Waals surface area contributed by atoms with Gasteiger partial charge in [0.2, 0.25) is 0 Å². The third-order valence-electron chi connectivity index (χ3n) is 2.27. The molecule has 1 atom stereocenters. The summed E-state index contributed by atoms with van der Waals surface area (Å²) in [7, 11) is 2.91. The van der Waals surface area contributed by atoms with Gasteiger partial charge in [-0.1, -0.05) is 0 Å². The number of aromatic carboxylic acids is 1. The fourth-order valence-corrected chi connectivity index (χ4v) is 1.45. The van der Waals surface area contributed by atoms with E-state index in [0.717, 1.165) is 0 Å². The van der Waals surface area contributed by atoms with Gasteiger partial charge in [-0.05, 0) is 13.0 Å². The first kappa shape index (κ1) is 12.3. The van der Waals surface area contributed by atoms with Crippen molar-refractivity contribution < 1.29 is 19.4 Å². The van der Waals surface area contributed by atoms with E-state index in [2.05, 4.69) is 0 Å². The lowest BCUT2D eigenvalue weighted by atomic mass is 10.0. The van der Waals surface area contributed by atoms with Crippen LogP contribution in [0.15, 0.2) is 12.1 Å². The third-order valence-corrected chi connectivity index (χ3v) is 2.27. The SMILES string of the molecule is COc1cc(OC)c(C(C)N)cc1C(=O)O. The van der Waals surface area contributed by atoms with Gasteiger partial charge >= 0.3 is 5.97 Å². The number of hydrogen-bond donors (Lipinski definition) is 2. The zero-order chi connectivity index (χ0) is 12.3. The van der Waals surface area contributed by atoms with E-state index in [4.69, 9.17) is 20.3 Å². The van der Waals surface area contributed by atoms with Crippen molar-refractivity contribution in [3.63, 3.8) is 0 Å². The Morgan fingerprint density at radius 2 is 1.88 bits per heavy atom. The highest BCUT2D eigenvalue weighted by Crippen LogP contribution is 2.31. The number of carboxylic acids is 1. The van der Waals surface area contributed by atoms with Crippen LogP contribution in [0.5, 0.6) is 11.5 Å². The van der Waals surface area contributed by atoms with E-state index in [1.165, 1.54) is 26.4 Å². The number of hydrogen-bond acceptors (Lipinski definition) is 4. The number of carbonyl (C=O) groups is 1. The summed E-state index contributed by atoms with van der Waals surface area (Å²) in [6.07, 6.45) is 0. The van der Waals surface area contributed by atoms with Gasteiger partial charge in [-0.2, -0.15) is 0 Å². The molecule has 1 rings (SSSR count). The second-order valence-electron chi connectivity index (χ2n) is 3.39. The number of methoxy groups -OCH3 is 2. The summed E-state index contributed by atoms with van der Waals surface area (Å²) in [5, 5.41) is 9.00. The lowest BCUT2D eigenvalue weighted by Gasteiger charge is -2.15. The molecule has 5 heteroatoms. The Morgan fingerprint density at radius 1 is 1.31 bits per heavy atom. The molecular weight excluding hydrogens is 210 g/mol. The number of carboxylic acid groups (broad SMARTS) is 1.